The van der Waals surface area contributed by atoms with Crippen LogP contribution in [0.15, 0.2) is 29.2 Å². The molecular formula is C28H39N5O7S2. The van der Waals surface area contributed by atoms with E-state index in [9.17, 15) is 27.6 Å². The molecule has 230 valence electrons. The number of amides is 4. The normalized spacial score (nSPS) is 13.2. The lowest BCUT2D eigenvalue weighted by Crippen LogP contribution is -2.41. The number of carbonyl (C=O) groups excluding carboxylic acids is 4. The van der Waals surface area contributed by atoms with Crippen LogP contribution in [0.2, 0.25) is 0 Å². The number of nitrogens with one attached hydrogen (secondary N) is 3. The predicted molar refractivity (Wildman–Crippen MR) is 160 cm³/mol. The van der Waals surface area contributed by atoms with E-state index in [1.165, 1.54) is 40.4 Å². The van der Waals surface area contributed by atoms with Gasteiger partial charge in [-0.05, 0) is 55.0 Å². The summed E-state index contributed by atoms with van der Waals surface area (Å²) in [7, 11) is -3.77. The SMILES string of the molecule is CCOC(=O)N1CCc2c(sc(NC(=O)c3ccc(S(=O)(=O)N(CC(C)C)CC(C)C)cc3)c2C(=O)NNC(C)=O)C1. The van der Waals surface area contributed by atoms with Crippen molar-refractivity contribution >= 4 is 50.2 Å². The highest BCUT2D eigenvalue weighted by atomic mass is 32.2. The van der Waals surface area contributed by atoms with Crippen molar-refractivity contribution in [3.8, 4) is 0 Å². The molecule has 1 aromatic heterocycles. The van der Waals surface area contributed by atoms with Crippen molar-refractivity contribution < 1.29 is 32.3 Å². The van der Waals surface area contributed by atoms with E-state index >= 15 is 0 Å². The van der Waals surface area contributed by atoms with Crippen LogP contribution in [0, 0.1) is 11.8 Å². The van der Waals surface area contributed by atoms with E-state index in [0.717, 1.165) is 11.3 Å². The van der Waals surface area contributed by atoms with Gasteiger partial charge in [-0.3, -0.25) is 25.2 Å². The third-order valence-corrected chi connectivity index (χ3v) is 9.26. The third-order valence-electron chi connectivity index (χ3n) is 6.28. The van der Waals surface area contributed by atoms with Crippen molar-refractivity contribution in [2.45, 2.75) is 59.4 Å². The highest BCUT2D eigenvalue weighted by Gasteiger charge is 2.31. The van der Waals surface area contributed by atoms with Crippen molar-refractivity contribution in [1.29, 1.82) is 0 Å². The molecule has 3 rings (SSSR count). The number of carbonyl (C=O) groups is 4. The summed E-state index contributed by atoms with van der Waals surface area (Å²) in [6.45, 7) is 12.3. The number of thiophene rings is 1. The molecule has 0 fully saturated rings. The molecule has 0 saturated carbocycles. The Labute approximate surface area is 250 Å². The van der Waals surface area contributed by atoms with Crippen molar-refractivity contribution in [2.24, 2.45) is 11.8 Å². The summed E-state index contributed by atoms with van der Waals surface area (Å²) in [6.07, 6.45) is -0.124. The predicted octanol–water partition coefficient (Wildman–Crippen LogP) is 3.60. The lowest BCUT2D eigenvalue weighted by Gasteiger charge is -2.26. The van der Waals surface area contributed by atoms with Gasteiger partial charge in [0.25, 0.3) is 11.8 Å². The first-order valence-electron chi connectivity index (χ1n) is 13.8. The summed E-state index contributed by atoms with van der Waals surface area (Å²) >= 11 is 1.15. The summed E-state index contributed by atoms with van der Waals surface area (Å²) < 4.78 is 33.3. The van der Waals surface area contributed by atoms with E-state index < -0.39 is 33.8 Å². The van der Waals surface area contributed by atoms with E-state index in [1.807, 2.05) is 27.7 Å². The maximum atomic E-state index is 13.3. The van der Waals surface area contributed by atoms with Crippen LogP contribution in [-0.4, -0.2) is 67.7 Å². The molecule has 1 aliphatic heterocycles. The number of nitrogens with zero attached hydrogens (tertiary/aromatic N) is 2. The van der Waals surface area contributed by atoms with Crippen LogP contribution >= 0.6 is 11.3 Å². The van der Waals surface area contributed by atoms with E-state index in [2.05, 4.69) is 16.2 Å². The Kier molecular flexibility index (Phi) is 11.1. The number of fused-ring (bicyclic) bond motifs is 1. The quantitative estimate of drug-likeness (QED) is 0.343. The van der Waals surface area contributed by atoms with E-state index in [0.29, 0.717) is 36.5 Å². The Hall–Kier alpha value is -3.49. The van der Waals surface area contributed by atoms with Crippen molar-refractivity contribution in [3.63, 3.8) is 0 Å². The maximum Gasteiger partial charge on any atom is 0.410 e. The van der Waals surface area contributed by atoms with Gasteiger partial charge >= 0.3 is 6.09 Å². The maximum absolute atomic E-state index is 13.3. The van der Waals surface area contributed by atoms with Gasteiger partial charge < -0.3 is 15.0 Å². The minimum Gasteiger partial charge on any atom is -0.450 e. The fraction of sp³-hybridized carbons (Fsp3) is 0.500. The van der Waals surface area contributed by atoms with Gasteiger partial charge in [0.15, 0.2) is 0 Å². The zero-order chi connectivity index (χ0) is 31.2. The monoisotopic (exact) mass is 621 g/mol. The Morgan fingerprint density at radius 2 is 1.62 bits per heavy atom. The molecule has 2 aromatic rings. The summed E-state index contributed by atoms with van der Waals surface area (Å²) in [6, 6.07) is 5.66. The average molecular weight is 622 g/mol. The molecule has 3 N–H and O–H groups in total. The number of sulfonamides is 1. The second kappa shape index (κ2) is 14.1. The highest BCUT2D eigenvalue weighted by Crippen LogP contribution is 2.37. The van der Waals surface area contributed by atoms with Gasteiger partial charge in [-0.2, -0.15) is 4.31 Å². The van der Waals surface area contributed by atoms with E-state index in [1.54, 1.807) is 6.92 Å². The lowest BCUT2D eigenvalue weighted by molar-refractivity contribution is -0.119. The minimum absolute atomic E-state index is 0.0846. The third kappa shape index (κ3) is 8.07. The molecule has 4 amide bonds. The van der Waals surface area contributed by atoms with Crippen LogP contribution in [0.4, 0.5) is 9.80 Å². The van der Waals surface area contributed by atoms with Gasteiger partial charge in [0.2, 0.25) is 15.9 Å². The van der Waals surface area contributed by atoms with Gasteiger partial charge in [0, 0.05) is 37.0 Å². The van der Waals surface area contributed by atoms with Gasteiger partial charge in [-0.1, -0.05) is 27.7 Å². The minimum atomic E-state index is -3.77. The van der Waals surface area contributed by atoms with Crippen LogP contribution in [0.1, 0.15) is 72.7 Å². The molecule has 0 saturated heterocycles. The smallest absolute Gasteiger partial charge is 0.410 e. The first kappa shape index (κ1) is 33.0. The first-order valence-corrected chi connectivity index (χ1v) is 16.0. The number of rotatable bonds is 10. The highest BCUT2D eigenvalue weighted by molar-refractivity contribution is 7.89. The Morgan fingerprint density at radius 3 is 2.17 bits per heavy atom. The fourth-order valence-electron chi connectivity index (χ4n) is 4.50. The van der Waals surface area contributed by atoms with Crippen molar-refractivity contribution in [3.05, 3.63) is 45.8 Å². The second-order valence-electron chi connectivity index (χ2n) is 10.8. The van der Waals surface area contributed by atoms with Crippen LogP contribution in [0.3, 0.4) is 0 Å². The molecule has 0 atom stereocenters. The number of hydrazine groups is 1. The molecular weight excluding hydrogens is 582 g/mol. The molecule has 0 radical (unpaired) electrons. The van der Waals surface area contributed by atoms with Gasteiger partial charge in [0.1, 0.15) is 5.00 Å². The molecule has 0 spiro atoms. The van der Waals surface area contributed by atoms with Crippen molar-refractivity contribution in [1.82, 2.24) is 20.1 Å². The van der Waals surface area contributed by atoms with E-state index in [4.69, 9.17) is 4.74 Å². The van der Waals surface area contributed by atoms with Gasteiger partial charge in [0.05, 0.1) is 23.6 Å². The summed E-state index contributed by atoms with van der Waals surface area (Å²) in [4.78, 5) is 52.3. The van der Waals surface area contributed by atoms with Gasteiger partial charge in [-0.25, -0.2) is 13.2 Å². The Balaban J connectivity index is 1.88. The molecule has 1 aromatic carbocycles. The Morgan fingerprint density at radius 1 is 1.00 bits per heavy atom. The number of anilines is 1. The van der Waals surface area contributed by atoms with Crippen molar-refractivity contribution in [2.75, 3.05) is 31.6 Å². The van der Waals surface area contributed by atoms with Crippen LogP contribution in [0.5, 0.6) is 0 Å². The molecule has 2 heterocycles. The van der Waals surface area contributed by atoms with E-state index in [-0.39, 0.29) is 46.0 Å². The Bertz CT molecular complexity index is 1410. The summed E-state index contributed by atoms with van der Waals surface area (Å²) in [5.41, 5.74) is 5.65. The molecule has 1 aliphatic rings. The second-order valence-corrected chi connectivity index (χ2v) is 13.8. The molecule has 42 heavy (non-hydrogen) atoms. The summed E-state index contributed by atoms with van der Waals surface area (Å²) in [5.74, 6) is -1.35. The number of hydrogen-bond acceptors (Lipinski definition) is 8. The number of ether oxygens (including phenoxy) is 1. The molecule has 14 heteroatoms. The van der Waals surface area contributed by atoms with Crippen LogP contribution in [-0.2, 0) is 32.5 Å². The van der Waals surface area contributed by atoms with Gasteiger partial charge in [-0.15, -0.1) is 11.3 Å². The lowest BCUT2D eigenvalue weighted by atomic mass is 10.0. The topological polar surface area (TPSA) is 154 Å². The standard InChI is InChI=1S/C28H39N5O7S2/c1-7-40-28(37)32-13-12-22-23(16-32)41-27(24(22)26(36)31-30-19(6)34)29-25(35)20-8-10-21(11-9-20)42(38,39)33(14-17(2)3)15-18(4)5/h8-11,17-18H,7,12-16H2,1-6H3,(H,29,35)(H,30,34)(H,31,36). The largest absolute Gasteiger partial charge is 0.450 e. The molecule has 0 bridgehead atoms. The first-order chi connectivity index (χ1) is 19.7. The van der Waals surface area contributed by atoms with Crippen LogP contribution < -0.4 is 16.2 Å². The molecule has 0 unspecified atom stereocenters. The summed E-state index contributed by atoms with van der Waals surface area (Å²) in [5, 5.41) is 3.01. The fourth-order valence-corrected chi connectivity index (χ4v) is 7.52. The average Bonchev–Trinajstić information content (AvgIpc) is 3.28. The number of benzene rings is 1. The molecule has 12 nitrogen and oxygen atoms in total. The zero-order valence-corrected chi connectivity index (χ0v) is 26.4. The molecule has 0 aliphatic carbocycles. The van der Waals surface area contributed by atoms with Crippen LogP contribution in [0.25, 0.3) is 0 Å². The zero-order valence-electron chi connectivity index (χ0n) is 24.8. The number of hydrogen-bond donors (Lipinski definition) is 3.